The maximum atomic E-state index is 13.6. The molecule has 0 fully saturated rings. The first kappa shape index (κ1) is 21.0. The highest BCUT2D eigenvalue weighted by Crippen LogP contribution is 2.41. The van der Waals surface area contributed by atoms with E-state index in [1.165, 1.54) is 18.2 Å². The topological polar surface area (TPSA) is 35.5 Å². The van der Waals surface area contributed by atoms with Crippen molar-refractivity contribution in [1.29, 1.82) is 0 Å². The van der Waals surface area contributed by atoms with Gasteiger partial charge in [0.2, 0.25) is 0 Å². The molecule has 1 aromatic carbocycles. The number of carbonyl (C=O) groups is 1. The summed E-state index contributed by atoms with van der Waals surface area (Å²) >= 11 is 0. The first-order valence-corrected chi connectivity index (χ1v) is 7.71. The number of rotatable bonds is 5. The molecule has 0 aliphatic rings. The molecule has 0 heterocycles. The number of hydrogen-bond acceptors (Lipinski definition) is 3. The van der Waals surface area contributed by atoms with E-state index >= 15 is 0 Å². The Morgan fingerprint density at radius 3 is 2.24 bits per heavy atom. The number of allylic oxidation sites excluding steroid dienone is 3. The number of ether oxygens (including phenoxy) is 2. The minimum absolute atomic E-state index is 0.229. The number of halogens is 3. The van der Waals surface area contributed by atoms with Gasteiger partial charge in [-0.05, 0) is 44.9 Å². The fourth-order valence-electron chi connectivity index (χ4n) is 2.42. The molecule has 1 aromatic rings. The molecule has 0 amide bonds. The first-order chi connectivity index (χ1) is 11.5. The molecule has 1 atom stereocenters. The van der Waals surface area contributed by atoms with Crippen LogP contribution >= 0.6 is 0 Å². The molecule has 6 heteroatoms. The lowest BCUT2D eigenvalue weighted by Gasteiger charge is -2.29. The van der Waals surface area contributed by atoms with Crippen LogP contribution in [0.4, 0.5) is 13.2 Å². The van der Waals surface area contributed by atoms with E-state index < -0.39 is 29.4 Å². The zero-order chi connectivity index (χ0) is 19.4. The Morgan fingerprint density at radius 2 is 1.84 bits per heavy atom. The van der Waals surface area contributed by atoms with Gasteiger partial charge in [0.05, 0.1) is 18.3 Å². The van der Waals surface area contributed by atoms with Gasteiger partial charge in [0.1, 0.15) is 0 Å². The third-order valence-electron chi connectivity index (χ3n) is 3.40. The van der Waals surface area contributed by atoms with Gasteiger partial charge in [0, 0.05) is 5.56 Å². The van der Waals surface area contributed by atoms with E-state index in [0.717, 1.165) is 13.2 Å². The van der Waals surface area contributed by atoms with E-state index in [4.69, 9.17) is 9.47 Å². The third kappa shape index (κ3) is 5.19. The van der Waals surface area contributed by atoms with Crippen molar-refractivity contribution in [3.63, 3.8) is 0 Å². The van der Waals surface area contributed by atoms with E-state index in [0.29, 0.717) is 5.57 Å². The van der Waals surface area contributed by atoms with Crippen LogP contribution in [-0.2, 0) is 20.4 Å². The van der Waals surface area contributed by atoms with Gasteiger partial charge in [-0.1, -0.05) is 30.9 Å². The van der Waals surface area contributed by atoms with Gasteiger partial charge in [-0.2, -0.15) is 13.2 Å². The van der Waals surface area contributed by atoms with Gasteiger partial charge < -0.3 is 9.47 Å². The lowest BCUT2D eigenvalue weighted by molar-refractivity contribution is -0.166. The fraction of sp³-hybridized carbons (Fsp3) is 0.421. The van der Waals surface area contributed by atoms with E-state index in [2.05, 4.69) is 6.58 Å². The second kappa shape index (κ2) is 7.87. The molecule has 138 valence electrons. The predicted molar refractivity (Wildman–Crippen MR) is 90.9 cm³/mol. The van der Waals surface area contributed by atoms with E-state index in [9.17, 15) is 18.0 Å². The quantitative estimate of drug-likeness (QED) is 0.529. The average molecular weight is 356 g/mol. The minimum Gasteiger partial charge on any atom is -0.467 e. The van der Waals surface area contributed by atoms with Crippen LogP contribution in [0.2, 0.25) is 0 Å². The van der Waals surface area contributed by atoms with Crippen LogP contribution in [0.1, 0.15) is 50.5 Å². The van der Waals surface area contributed by atoms with Crippen LogP contribution in [0, 0.1) is 0 Å². The van der Waals surface area contributed by atoms with E-state index in [-0.39, 0.29) is 11.1 Å². The Labute approximate surface area is 146 Å². The summed E-state index contributed by atoms with van der Waals surface area (Å²) in [6.45, 7) is 10.3. The van der Waals surface area contributed by atoms with Gasteiger partial charge in [-0.25, -0.2) is 4.79 Å². The second-order valence-corrected chi connectivity index (χ2v) is 6.35. The maximum Gasteiger partial charge on any atom is 0.416 e. The SMILES string of the molecule is C=C/C(=C\C)c1cccc(C(F)(F)F)c1C(OC(C)(C)C)C(=O)OC. The first-order valence-electron chi connectivity index (χ1n) is 7.71. The largest absolute Gasteiger partial charge is 0.467 e. The minimum atomic E-state index is -4.65. The molecule has 0 aliphatic carbocycles. The molecule has 0 aliphatic heterocycles. The number of carbonyl (C=O) groups excluding carboxylic acids is 1. The summed E-state index contributed by atoms with van der Waals surface area (Å²) in [6.07, 6.45) is -3.12. The third-order valence-corrected chi connectivity index (χ3v) is 3.40. The zero-order valence-corrected chi connectivity index (χ0v) is 15.0. The van der Waals surface area contributed by atoms with Crippen molar-refractivity contribution in [2.24, 2.45) is 0 Å². The zero-order valence-electron chi connectivity index (χ0n) is 15.0. The summed E-state index contributed by atoms with van der Waals surface area (Å²) < 4.78 is 51.2. The van der Waals surface area contributed by atoms with Crippen LogP contribution in [0.25, 0.3) is 5.57 Å². The van der Waals surface area contributed by atoms with E-state index in [1.54, 1.807) is 33.8 Å². The van der Waals surface area contributed by atoms with Crippen molar-refractivity contribution in [3.05, 3.63) is 53.6 Å². The maximum absolute atomic E-state index is 13.6. The summed E-state index contributed by atoms with van der Waals surface area (Å²) in [6, 6.07) is 3.72. The fourth-order valence-corrected chi connectivity index (χ4v) is 2.42. The second-order valence-electron chi connectivity index (χ2n) is 6.35. The standard InChI is InChI=1S/C19H23F3O3/c1-7-12(8-2)13-10-9-11-14(19(20,21)22)15(13)16(17(23)24-6)25-18(3,4)5/h7-11,16H,1H2,2-6H3/b12-8+. The van der Waals surface area contributed by atoms with Crippen molar-refractivity contribution in [1.82, 2.24) is 0 Å². The monoisotopic (exact) mass is 356 g/mol. The Balaban J connectivity index is 3.81. The highest BCUT2D eigenvalue weighted by molar-refractivity contribution is 5.83. The molecular weight excluding hydrogens is 333 g/mol. The van der Waals surface area contributed by atoms with Gasteiger partial charge in [-0.15, -0.1) is 0 Å². The number of methoxy groups -OCH3 is 1. The summed E-state index contributed by atoms with van der Waals surface area (Å²) in [4.78, 5) is 12.3. The molecule has 0 saturated carbocycles. The molecule has 0 radical (unpaired) electrons. The lowest BCUT2D eigenvalue weighted by atomic mass is 9.90. The van der Waals surface area contributed by atoms with Crippen LogP contribution in [0.15, 0.2) is 36.9 Å². The lowest BCUT2D eigenvalue weighted by Crippen LogP contribution is -2.30. The van der Waals surface area contributed by atoms with Crippen molar-refractivity contribution < 1.29 is 27.4 Å². The van der Waals surface area contributed by atoms with Crippen molar-refractivity contribution in [2.45, 2.75) is 45.6 Å². The number of benzene rings is 1. The van der Waals surface area contributed by atoms with Gasteiger partial charge in [-0.3, -0.25) is 0 Å². The van der Waals surface area contributed by atoms with E-state index in [1.807, 2.05) is 0 Å². The van der Waals surface area contributed by atoms with Gasteiger partial charge >= 0.3 is 12.1 Å². The average Bonchev–Trinajstić information content (AvgIpc) is 2.51. The molecule has 0 N–H and O–H groups in total. The number of alkyl halides is 3. The molecule has 0 bridgehead atoms. The number of esters is 1. The summed E-state index contributed by atoms with van der Waals surface area (Å²) in [7, 11) is 1.11. The summed E-state index contributed by atoms with van der Waals surface area (Å²) in [5.41, 5.74) is -1.38. The van der Waals surface area contributed by atoms with Crippen LogP contribution in [-0.4, -0.2) is 18.7 Å². The van der Waals surface area contributed by atoms with Crippen LogP contribution in [0.5, 0.6) is 0 Å². The van der Waals surface area contributed by atoms with Crippen LogP contribution in [0.3, 0.4) is 0 Å². The Bertz CT molecular complexity index is 667. The number of hydrogen-bond donors (Lipinski definition) is 0. The molecule has 0 saturated heterocycles. The van der Waals surface area contributed by atoms with Crippen molar-refractivity contribution >= 4 is 11.5 Å². The summed E-state index contributed by atoms with van der Waals surface area (Å²) in [5.74, 6) is -0.896. The molecular formula is C19H23F3O3. The summed E-state index contributed by atoms with van der Waals surface area (Å²) in [5, 5.41) is 0. The Morgan fingerprint density at radius 1 is 1.24 bits per heavy atom. The van der Waals surface area contributed by atoms with Gasteiger partial charge in [0.25, 0.3) is 0 Å². The van der Waals surface area contributed by atoms with Gasteiger partial charge in [0.15, 0.2) is 6.10 Å². The predicted octanol–water partition coefficient (Wildman–Crippen LogP) is 5.32. The normalized spacial score (nSPS) is 14.2. The molecule has 1 unspecified atom stereocenters. The Hall–Kier alpha value is -2.08. The van der Waals surface area contributed by atoms with Crippen molar-refractivity contribution in [2.75, 3.05) is 7.11 Å². The smallest absolute Gasteiger partial charge is 0.416 e. The molecule has 3 nitrogen and oxygen atoms in total. The molecule has 25 heavy (non-hydrogen) atoms. The highest BCUT2D eigenvalue weighted by atomic mass is 19.4. The molecule has 1 rings (SSSR count). The molecule has 0 aromatic heterocycles. The van der Waals surface area contributed by atoms with Crippen molar-refractivity contribution in [3.8, 4) is 0 Å². The van der Waals surface area contributed by atoms with Crippen LogP contribution < -0.4 is 0 Å². The highest BCUT2D eigenvalue weighted by Gasteiger charge is 2.40. The Kier molecular flexibility index (Phi) is 6.60. The molecule has 0 spiro atoms.